The van der Waals surface area contributed by atoms with Crippen molar-refractivity contribution in [3.8, 4) is 5.75 Å². The fourth-order valence-electron chi connectivity index (χ4n) is 1.71. The first-order valence-corrected chi connectivity index (χ1v) is 5.56. The molecule has 2 aromatic rings. The Morgan fingerprint density at radius 3 is 2.44 bits per heavy atom. The van der Waals surface area contributed by atoms with Gasteiger partial charge in [-0.2, -0.15) is 5.10 Å². The number of halogens is 1. The van der Waals surface area contributed by atoms with E-state index in [9.17, 15) is 0 Å². The summed E-state index contributed by atoms with van der Waals surface area (Å²) in [5.74, 6) is 0.881. The lowest BCUT2D eigenvalue weighted by molar-refractivity contribution is 0.414. The van der Waals surface area contributed by atoms with Gasteiger partial charge in [-0.05, 0) is 24.6 Å². The minimum atomic E-state index is 0. The number of methoxy groups -OCH3 is 1. The highest BCUT2D eigenvalue weighted by molar-refractivity contribution is 5.85. The molecule has 0 atom stereocenters. The normalized spacial score (nSPS) is 9.72. The first-order chi connectivity index (χ1) is 8.19. The molecule has 1 heterocycles. The molecule has 0 fully saturated rings. The van der Waals surface area contributed by atoms with Crippen LogP contribution in [-0.2, 0) is 13.6 Å². The molecule has 2 rings (SSSR count). The second-order valence-corrected chi connectivity index (χ2v) is 4.00. The molecule has 1 N–H and O–H groups in total. The fourth-order valence-corrected chi connectivity index (χ4v) is 1.71. The maximum atomic E-state index is 5.12. The van der Waals surface area contributed by atoms with Crippen molar-refractivity contribution < 1.29 is 4.74 Å². The minimum absolute atomic E-state index is 0. The van der Waals surface area contributed by atoms with Crippen LogP contribution in [0, 0.1) is 6.92 Å². The van der Waals surface area contributed by atoms with Crippen molar-refractivity contribution in [2.75, 3.05) is 12.4 Å². The summed E-state index contributed by atoms with van der Waals surface area (Å²) in [5.41, 5.74) is 3.30. The molecule has 18 heavy (non-hydrogen) atoms. The van der Waals surface area contributed by atoms with Gasteiger partial charge in [0.15, 0.2) is 0 Å². The highest BCUT2D eigenvalue weighted by atomic mass is 35.5. The first kappa shape index (κ1) is 14.4. The van der Waals surface area contributed by atoms with Crippen LogP contribution in [0.5, 0.6) is 5.75 Å². The molecule has 0 unspecified atom stereocenters. The van der Waals surface area contributed by atoms with Crippen molar-refractivity contribution in [3.63, 3.8) is 0 Å². The second kappa shape index (κ2) is 6.31. The van der Waals surface area contributed by atoms with Gasteiger partial charge in [-0.1, -0.05) is 12.1 Å². The lowest BCUT2D eigenvalue weighted by Gasteiger charge is -2.05. The minimum Gasteiger partial charge on any atom is -0.497 e. The van der Waals surface area contributed by atoms with Gasteiger partial charge in [0, 0.05) is 19.8 Å². The highest BCUT2D eigenvalue weighted by Gasteiger charge is 2.02. The van der Waals surface area contributed by atoms with Gasteiger partial charge in [-0.3, -0.25) is 4.68 Å². The van der Waals surface area contributed by atoms with Crippen LogP contribution in [0.15, 0.2) is 30.5 Å². The maximum Gasteiger partial charge on any atom is 0.118 e. The average molecular weight is 268 g/mol. The number of ether oxygens (including phenoxy) is 1. The van der Waals surface area contributed by atoms with E-state index in [0.717, 1.165) is 23.7 Å². The summed E-state index contributed by atoms with van der Waals surface area (Å²) in [7, 11) is 3.60. The smallest absolute Gasteiger partial charge is 0.118 e. The molecule has 1 aromatic heterocycles. The van der Waals surface area contributed by atoms with Crippen LogP contribution >= 0.6 is 12.4 Å². The van der Waals surface area contributed by atoms with Crippen molar-refractivity contribution >= 4 is 18.1 Å². The van der Waals surface area contributed by atoms with Crippen LogP contribution in [0.4, 0.5) is 5.69 Å². The molecule has 4 nitrogen and oxygen atoms in total. The average Bonchev–Trinajstić information content (AvgIpc) is 2.66. The Labute approximate surface area is 113 Å². The fraction of sp³-hybridized carbons (Fsp3) is 0.308. The Kier molecular flexibility index (Phi) is 5.04. The molecule has 1 aromatic carbocycles. The molecule has 0 aliphatic heterocycles. The van der Waals surface area contributed by atoms with Crippen LogP contribution in [0.25, 0.3) is 0 Å². The number of hydrogen-bond donors (Lipinski definition) is 1. The molecule has 0 aliphatic rings. The molecule has 0 radical (unpaired) electrons. The Hall–Kier alpha value is -1.68. The second-order valence-electron chi connectivity index (χ2n) is 4.00. The zero-order chi connectivity index (χ0) is 12.3. The first-order valence-electron chi connectivity index (χ1n) is 5.56. The van der Waals surface area contributed by atoms with Crippen LogP contribution in [0.1, 0.15) is 11.3 Å². The monoisotopic (exact) mass is 267 g/mol. The molecular formula is C13H18ClN3O. The van der Waals surface area contributed by atoms with E-state index in [0.29, 0.717) is 0 Å². The van der Waals surface area contributed by atoms with Gasteiger partial charge in [-0.15, -0.1) is 12.4 Å². The third kappa shape index (κ3) is 3.40. The van der Waals surface area contributed by atoms with Crippen molar-refractivity contribution in [2.24, 2.45) is 7.05 Å². The molecule has 0 spiro atoms. The lowest BCUT2D eigenvalue weighted by atomic mass is 10.2. The van der Waals surface area contributed by atoms with Gasteiger partial charge in [0.2, 0.25) is 0 Å². The third-order valence-electron chi connectivity index (χ3n) is 2.66. The van der Waals surface area contributed by atoms with E-state index in [1.165, 1.54) is 5.56 Å². The van der Waals surface area contributed by atoms with Crippen molar-refractivity contribution in [1.82, 2.24) is 9.78 Å². The molecule has 98 valence electrons. The van der Waals surface area contributed by atoms with Crippen molar-refractivity contribution in [1.29, 1.82) is 0 Å². The number of aryl methyl sites for hydroxylation is 2. The standard InChI is InChI=1S/C13H17N3O.ClH/c1-10-13(9-16(2)15-10)14-8-11-4-6-12(17-3)7-5-11;/h4-7,9,14H,8H2,1-3H3;1H. The molecule has 0 amide bonds. The topological polar surface area (TPSA) is 39.1 Å². The van der Waals surface area contributed by atoms with E-state index < -0.39 is 0 Å². The third-order valence-corrected chi connectivity index (χ3v) is 2.66. The molecule has 5 heteroatoms. The molecule has 0 bridgehead atoms. The van der Waals surface area contributed by atoms with E-state index in [1.54, 1.807) is 7.11 Å². The molecule has 0 saturated carbocycles. The number of rotatable bonds is 4. The van der Waals surface area contributed by atoms with Crippen LogP contribution in [0.2, 0.25) is 0 Å². The number of hydrogen-bond acceptors (Lipinski definition) is 3. The number of anilines is 1. The molecular weight excluding hydrogens is 250 g/mol. The van der Waals surface area contributed by atoms with Crippen LogP contribution in [-0.4, -0.2) is 16.9 Å². The van der Waals surface area contributed by atoms with E-state index in [1.807, 2.05) is 37.0 Å². The highest BCUT2D eigenvalue weighted by Crippen LogP contribution is 2.15. The van der Waals surface area contributed by atoms with Gasteiger partial charge in [0.05, 0.1) is 18.5 Å². The quantitative estimate of drug-likeness (QED) is 0.926. The van der Waals surface area contributed by atoms with Crippen LogP contribution in [0.3, 0.4) is 0 Å². The number of aromatic nitrogens is 2. The molecule has 0 aliphatic carbocycles. The lowest BCUT2D eigenvalue weighted by Crippen LogP contribution is -1.99. The predicted octanol–water partition coefficient (Wildman–Crippen LogP) is 2.77. The van der Waals surface area contributed by atoms with Gasteiger partial charge in [0.1, 0.15) is 5.75 Å². The van der Waals surface area contributed by atoms with Crippen molar-refractivity contribution in [2.45, 2.75) is 13.5 Å². The number of benzene rings is 1. The summed E-state index contributed by atoms with van der Waals surface area (Å²) >= 11 is 0. The summed E-state index contributed by atoms with van der Waals surface area (Å²) < 4.78 is 6.93. The van der Waals surface area contributed by atoms with Gasteiger partial charge in [0.25, 0.3) is 0 Å². The summed E-state index contributed by atoms with van der Waals surface area (Å²) in [6, 6.07) is 8.04. The zero-order valence-corrected chi connectivity index (χ0v) is 11.6. The maximum absolute atomic E-state index is 5.12. The Bertz CT molecular complexity index is 493. The predicted molar refractivity (Wildman–Crippen MR) is 75.5 cm³/mol. The van der Waals surface area contributed by atoms with E-state index in [-0.39, 0.29) is 12.4 Å². The molecule has 0 saturated heterocycles. The Morgan fingerprint density at radius 1 is 1.28 bits per heavy atom. The summed E-state index contributed by atoms with van der Waals surface area (Å²) in [4.78, 5) is 0. The number of nitrogens with zero attached hydrogens (tertiary/aromatic N) is 2. The van der Waals surface area contributed by atoms with Gasteiger partial charge in [-0.25, -0.2) is 0 Å². The SMILES string of the molecule is COc1ccc(CNc2cn(C)nc2C)cc1.Cl. The summed E-state index contributed by atoms with van der Waals surface area (Å²) in [5, 5.41) is 7.65. The number of nitrogens with one attached hydrogen (secondary N) is 1. The summed E-state index contributed by atoms with van der Waals surface area (Å²) in [6.45, 7) is 2.78. The van der Waals surface area contributed by atoms with E-state index in [2.05, 4.69) is 22.5 Å². The van der Waals surface area contributed by atoms with Crippen LogP contribution < -0.4 is 10.1 Å². The van der Waals surface area contributed by atoms with Gasteiger partial charge >= 0.3 is 0 Å². The largest absolute Gasteiger partial charge is 0.497 e. The Morgan fingerprint density at radius 2 is 1.94 bits per heavy atom. The summed E-state index contributed by atoms with van der Waals surface area (Å²) in [6.07, 6.45) is 1.98. The van der Waals surface area contributed by atoms with E-state index in [4.69, 9.17) is 4.74 Å². The van der Waals surface area contributed by atoms with Gasteiger partial charge < -0.3 is 10.1 Å². The zero-order valence-electron chi connectivity index (χ0n) is 10.8. The van der Waals surface area contributed by atoms with Crippen molar-refractivity contribution in [3.05, 3.63) is 41.7 Å². The van der Waals surface area contributed by atoms with E-state index >= 15 is 0 Å². The Balaban J connectivity index is 0.00000162.